The lowest BCUT2D eigenvalue weighted by Crippen LogP contribution is -2.27. The highest BCUT2D eigenvalue weighted by molar-refractivity contribution is 6.29. The summed E-state index contributed by atoms with van der Waals surface area (Å²) < 4.78 is 46.2. The first-order valence-corrected chi connectivity index (χ1v) is 7.53. The number of alkyl halides is 3. The minimum absolute atomic E-state index is 0.00616. The van der Waals surface area contributed by atoms with Gasteiger partial charge in [0.2, 0.25) is 12.0 Å². The van der Waals surface area contributed by atoms with Crippen molar-refractivity contribution in [3.05, 3.63) is 71.9 Å². The van der Waals surface area contributed by atoms with Crippen LogP contribution in [0, 0.1) is 0 Å². The highest BCUT2D eigenvalue weighted by atomic mass is 35.5. The molecule has 0 N–H and O–H groups in total. The van der Waals surface area contributed by atoms with E-state index >= 15 is 0 Å². The van der Waals surface area contributed by atoms with Crippen LogP contribution in [0.5, 0.6) is 5.88 Å². The standard InChI is InChI=1S/C17H11ClF3N3O/c18-14-9-15(24-10-23-14)25-16(17(19,20)21)13-4-2-1-3-12(13)11-5-7-22-8-6-11/h1-10,16H. The van der Waals surface area contributed by atoms with Crippen molar-refractivity contribution >= 4 is 11.6 Å². The van der Waals surface area contributed by atoms with E-state index in [4.69, 9.17) is 16.3 Å². The maximum atomic E-state index is 13.7. The summed E-state index contributed by atoms with van der Waals surface area (Å²) in [6.45, 7) is 0. The number of aromatic nitrogens is 3. The Balaban J connectivity index is 2.06. The lowest BCUT2D eigenvalue weighted by atomic mass is 9.96. The Hall–Kier alpha value is -2.67. The number of rotatable bonds is 4. The third kappa shape index (κ3) is 4.06. The first kappa shape index (κ1) is 17.2. The number of nitrogens with zero attached hydrogens (tertiary/aromatic N) is 3. The molecule has 25 heavy (non-hydrogen) atoms. The number of ether oxygens (including phenoxy) is 1. The molecule has 128 valence electrons. The van der Waals surface area contributed by atoms with Crippen LogP contribution in [-0.2, 0) is 0 Å². The fourth-order valence-corrected chi connectivity index (χ4v) is 2.47. The van der Waals surface area contributed by atoms with Crippen molar-refractivity contribution in [3.63, 3.8) is 0 Å². The number of hydrogen-bond acceptors (Lipinski definition) is 4. The zero-order valence-electron chi connectivity index (χ0n) is 12.6. The van der Waals surface area contributed by atoms with Gasteiger partial charge in [-0.1, -0.05) is 35.9 Å². The summed E-state index contributed by atoms with van der Waals surface area (Å²) >= 11 is 5.70. The van der Waals surface area contributed by atoms with Crippen molar-refractivity contribution in [1.82, 2.24) is 15.0 Å². The molecule has 1 unspecified atom stereocenters. The summed E-state index contributed by atoms with van der Waals surface area (Å²) in [6, 6.07) is 10.6. The third-order valence-corrected chi connectivity index (χ3v) is 3.59. The van der Waals surface area contributed by atoms with Gasteiger partial charge in [0.15, 0.2) is 0 Å². The van der Waals surface area contributed by atoms with Gasteiger partial charge in [-0.3, -0.25) is 4.98 Å². The molecule has 0 aliphatic rings. The highest BCUT2D eigenvalue weighted by Crippen LogP contribution is 2.40. The molecule has 1 atom stereocenters. The summed E-state index contributed by atoms with van der Waals surface area (Å²) in [7, 11) is 0. The molecule has 4 nitrogen and oxygen atoms in total. The van der Waals surface area contributed by atoms with Crippen LogP contribution in [0.25, 0.3) is 11.1 Å². The lowest BCUT2D eigenvalue weighted by Gasteiger charge is -2.23. The summed E-state index contributed by atoms with van der Waals surface area (Å²) in [5.41, 5.74) is 0.965. The topological polar surface area (TPSA) is 47.9 Å². The average Bonchev–Trinajstić information content (AvgIpc) is 2.60. The van der Waals surface area contributed by atoms with Crippen LogP contribution in [0.3, 0.4) is 0 Å². The SMILES string of the molecule is FC(F)(F)C(Oc1cc(Cl)ncn1)c1ccccc1-c1ccncc1. The molecule has 3 rings (SSSR count). The van der Waals surface area contributed by atoms with Gasteiger partial charge in [-0.05, 0) is 23.3 Å². The molecule has 8 heteroatoms. The van der Waals surface area contributed by atoms with Gasteiger partial charge < -0.3 is 4.74 Å². The quantitative estimate of drug-likeness (QED) is 0.619. The second-order valence-corrected chi connectivity index (χ2v) is 5.43. The molecule has 0 spiro atoms. The van der Waals surface area contributed by atoms with Gasteiger partial charge in [0, 0.05) is 24.0 Å². The lowest BCUT2D eigenvalue weighted by molar-refractivity contribution is -0.198. The first-order valence-electron chi connectivity index (χ1n) is 7.15. The Bertz CT molecular complexity index is 859. The zero-order valence-corrected chi connectivity index (χ0v) is 13.4. The molecule has 0 saturated carbocycles. The monoisotopic (exact) mass is 365 g/mol. The number of pyridine rings is 1. The number of halogens is 4. The van der Waals surface area contributed by atoms with E-state index in [1.807, 2.05) is 0 Å². The minimum atomic E-state index is -4.65. The van der Waals surface area contributed by atoms with E-state index in [-0.39, 0.29) is 16.6 Å². The smallest absolute Gasteiger partial charge is 0.429 e. The van der Waals surface area contributed by atoms with Crippen molar-refractivity contribution in [2.75, 3.05) is 0 Å². The van der Waals surface area contributed by atoms with Crippen LogP contribution in [0.2, 0.25) is 5.15 Å². The summed E-state index contributed by atoms with van der Waals surface area (Å²) in [5, 5.41) is -0.00616. The summed E-state index contributed by atoms with van der Waals surface area (Å²) in [5.74, 6) is -0.258. The van der Waals surface area contributed by atoms with Gasteiger partial charge in [0.05, 0.1) is 0 Å². The highest BCUT2D eigenvalue weighted by Gasteiger charge is 2.44. The second kappa shape index (κ2) is 7.06. The Morgan fingerprint density at radius 1 is 1.00 bits per heavy atom. The molecule has 1 aromatic carbocycles. The fraction of sp³-hybridized carbons (Fsp3) is 0.118. The molecule has 0 saturated heterocycles. The van der Waals surface area contributed by atoms with Gasteiger partial charge in [-0.25, -0.2) is 9.97 Å². The van der Waals surface area contributed by atoms with Gasteiger partial charge in [0.25, 0.3) is 0 Å². The van der Waals surface area contributed by atoms with Crippen LogP contribution in [0.15, 0.2) is 61.2 Å². The summed E-state index contributed by atoms with van der Waals surface area (Å²) in [6.07, 6.45) is -2.79. The van der Waals surface area contributed by atoms with Crippen LogP contribution < -0.4 is 4.74 Å². The maximum Gasteiger partial charge on any atom is 0.429 e. The molecule has 0 radical (unpaired) electrons. The maximum absolute atomic E-state index is 13.7. The van der Waals surface area contributed by atoms with E-state index in [1.165, 1.54) is 24.5 Å². The van der Waals surface area contributed by atoms with E-state index in [0.29, 0.717) is 11.1 Å². The van der Waals surface area contributed by atoms with E-state index in [0.717, 1.165) is 12.4 Å². The molecule has 2 heterocycles. The molecular formula is C17H11ClF3N3O. The Kier molecular flexibility index (Phi) is 4.85. The van der Waals surface area contributed by atoms with Crippen molar-refractivity contribution in [1.29, 1.82) is 0 Å². The van der Waals surface area contributed by atoms with Gasteiger partial charge in [-0.2, -0.15) is 13.2 Å². The first-order chi connectivity index (χ1) is 11.9. The molecule has 0 amide bonds. The normalized spacial score (nSPS) is 12.6. The average molecular weight is 366 g/mol. The Morgan fingerprint density at radius 2 is 1.72 bits per heavy atom. The van der Waals surface area contributed by atoms with Crippen LogP contribution in [-0.4, -0.2) is 21.1 Å². The largest absolute Gasteiger partial charge is 0.460 e. The molecule has 0 aliphatic heterocycles. The molecule has 0 fully saturated rings. The molecule has 2 aromatic heterocycles. The van der Waals surface area contributed by atoms with E-state index in [1.54, 1.807) is 24.3 Å². The molecule has 0 aliphatic carbocycles. The number of benzene rings is 1. The van der Waals surface area contributed by atoms with Gasteiger partial charge >= 0.3 is 6.18 Å². The van der Waals surface area contributed by atoms with Crippen LogP contribution in [0.4, 0.5) is 13.2 Å². The van der Waals surface area contributed by atoms with E-state index < -0.39 is 12.3 Å². The fourth-order valence-electron chi connectivity index (χ4n) is 2.33. The molecular weight excluding hydrogens is 355 g/mol. The van der Waals surface area contributed by atoms with Crippen molar-refractivity contribution in [3.8, 4) is 17.0 Å². The zero-order chi connectivity index (χ0) is 17.9. The van der Waals surface area contributed by atoms with Crippen molar-refractivity contribution in [2.45, 2.75) is 12.3 Å². The predicted octanol–water partition coefficient (Wildman–Crippen LogP) is 4.87. The van der Waals surface area contributed by atoms with Crippen LogP contribution in [0.1, 0.15) is 11.7 Å². The number of hydrogen-bond donors (Lipinski definition) is 0. The third-order valence-electron chi connectivity index (χ3n) is 3.38. The summed E-state index contributed by atoms with van der Waals surface area (Å²) in [4.78, 5) is 11.2. The molecule has 3 aromatic rings. The van der Waals surface area contributed by atoms with Gasteiger partial charge in [0.1, 0.15) is 11.5 Å². The van der Waals surface area contributed by atoms with Crippen LogP contribution >= 0.6 is 11.6 Å². The Morgan fingerprint density at radius 3 is 2.40 bits per heavy atom. The van der Waals surface area contributed by atoms with Gasteiger partial charge in [-0.15, -0.1) is 0 Å². The Labute approximate surface area is 146 Å². The molecule has 0 bridgehead atoms. The minimum Gasteiger partial charge on any atom is -0.460 e. The van der Waals surface area contributed by atoms with E-state index in [2.05, 4.69) is 15.0 Å². The van der Waals surface area contributed by atoms with Crippen molar-refractivity contribution in [2.24, 2.45) is 0 Å². The predicted molar refractivity (Wildman–Crippen MR) is 86.1 cm³/mol. The van der Waals surface area contributed by atoms with E-state index in [9.17, 15) is 13.2 Å². The second-order valence-electron chi connectivity index (χ2n) is 5.04. The van der Waals surface area contributed by atoms with Crippen molar-refractivity contribution < 1.29 is 17.9 Å².